The fraction of sp³-hybridized carbons (Fsp3) is 0.458. The highest BCUT2D eigenvalue weighted by Crippen LogP contribution is 2.33. The van der Waals surface area contributed by atoms with Gasteiger partial charge in [-0.05, 0) is 42.7 Å². The molecule has 2 saturated heterocycles. The van der Waals surface area contributed by atoms with Crippen LogP contribution in [0.2, 0.25) is 0 Å². The zero-order valence-electron chi connectivity index (χ0n) is 17.6. The summed E-state index contributed by atoms with van der Waals surface area (Å²) >= 11 is 0. The van der Waals surface area contributed by atoms with Gasteiger partial charge in [0.2, 0.25) is 6.79 Å². The van der Waals surface area contributed by atoms with Gasteiger partial charge in [0, 0.05) is 39.3 Å². The SMILES string of the molecule is O=C(c1ccccc1OC[C@@H]1CCCO1)N1CCN(Cc2ccc3c(c2)OCO3)CC1. The fourth-order valence-electron chi connectivity index (χ4n) is 4.30. The molecule has 0 N–H and O–H groups in total. The number of hydrogen-bond acceptors (Lipinski definition) is 6. The van der Waals surface area contributed by atoms with E-state index >= 15 is 0 Å². The molecule has 2 fully saturated rings. The Balaban J connectivity index is 1.16. The van der Waals surface area contributed by atoms with Crippen LogP contribution in [0.4, 0.5) is 0 Å². The van der Waals surface area contributed by atoms with E-state index < -0.39 is 0 Å². The van der Waals surface area contributed by atoms with Crippen molar-refractivity contribution in [2.45, 2.75) is 25.5 Å². The molecule has 31 heavy (non-hydrogen) atoms. The number of benzene rings is 2. The first-order valence-electron chi connectivity index (χ1n) is 11.0. The molecule has 2 aromatic rings. The Hall–Kier alpha value is -2.77. The molecule has 164 valence electrons. The third-order valence-corrected chi connectivity index (χ3v) is 6.07. The first kappa shape index (κ1) is 20.2. The van der Waals surface area contributed by atoms with Crippen molar-refractivity contribution in [3.63, 3.8) is 0 Å². The smallest absolute Gasteiger partial charge is 0.257 e. The Labute approximate surface area is 182 Å². The molecule has 1 atom stereocenters. The van der Waals surface area contributed by atoms with E-state index in [-0.39, 0.29) is 12.0 Å². The standard InChI is InChI=1S/C24H28N2O5/c27-24(20-5-1-2-6-21(20)29-16-19-4-3-13-28-19)26-11-9-25(10-12-26)15-18-7-8-22-23(14-18)31-17-30-22/h1-2,5-8,14,19H,3-4,9-13,15-17H2/t19-/m0/s1. The largest absolute Gasteiger partial charge is 0.490 e. The van der Waals surface area contributed by atoms with Crippen LogP contribution in [-0.4, -0.2) is 68.0 Å². The molecule has 0 radical (unpaired) electrons. The quantitative estimate of drug-likeness (QED) is 0.711. The van der Waals surface area contributed by atoms with Gasteiger partial charge in [-0.1, -0.05) is 18.2 Å². The van der Waals surface area contributed by atoms with Crippen LogP contribution in [0, 0.1) is 0 Å². The Kier molecular flexibility index (Phi) is 5.95. The molecule has 7 nitrogen and oxygen atoms in total. The van der Waals surface area contributed by atoms with E-state index in [2.05, 4.69) is 11.0 Å². The maximum atomic E-state index is 13.2. The molecule has 0 saturated carbocycles. The zero-order chi connectivity index (χ0) is 21.0. The molecule has 0 unspecified atom stereocenters. The maximum Gasteiger partial charge on any atom is 0.257 e. The van der Waals surface area contributed by atoms with Crippen molar-refractivity contribution in [1.29, 1.82) is 0 Å². The Morgan fingerprint density at radius 1 is 1.03 bits per heavy atom. The number of para-hydroxylation sites is 1. The Morgan fingerprint density at radius 3 is 2.71 bits per heavy atom. The summed E-state index contributed by atoms with van der Waals surface area (Å²) in [6.45, 7) is 5.47. The van der Waals surface area contributed by atoms with Crippen molar-refractivity contribution in [2.75, 3.05) is 46.2 Å². The number of piperazine rings is 1. The van der Waals surface area contributed by atoms with Gasteiger partial charge in [0.25, 0.3) is 5.91 Å². The van der Waals surface area contributed by atoms with Crippen molar-refractivity contribution in [3.05, 3.63) is 53.6 Å². The van der Waals surface area contributed by atoms with E-state index in [9.17, 15) is 4.79 Å². The predicted molar refractivity (Wildman–Crippen MR) is 115 cm³/mol. The third kappa shape index (κ3) is 4.62. The summed E-state index contributed by atoms with van der Waals surface area (Å²) in [7, 11) is 0. The molecule has 0 spiro atoms. The summed E-state index contributed by atoms with van der Waals surface area (Å²) in [5, 5.41) is 0. The number of carbonyl (C=O) groups is 1. The molecule has 1 amide bonds. The first-order chi connectivity index (χ1) is 15.3. The van der Waals surface area contributed by atoms with Gasteiger partial charge >= 0.3 is 0 Å². The van der Waals surface area contributed by atoms with Crippen molar-refractivity contribution in [3.8, 4) is 17.2 Å². The second-order valence-electron chi connectivity index (χ2n) is 8.20. The molecule has 3 aliphatic rings. The Bertz CT molecular complexity index is 920. The summed E-state index contributed by atoms with van der Waals surface area (Å²) in [6, 6.07) is 13.6. The van der Waals surface area contributed by atoms with Crippen LogP contribution in [0.3, 0.4) is 0 Å². The lowest BCUT2D eigenvalue weighted by Gasteiger charge is -2.35. The van der Waals surface area contributed by atoms with Crippen molar-refractivity contribution < 1.29 is 23.7 Å². The molecule has 5 rings (SSSR count). The van der Waals surface area contributed by atoms with E-state index in [4.69, 9.17) is 18.9 Å². The van der Waals surface area contributed by atoms with E-state index in [1.54, 1.807) is 0 Å². The monoisotopic (exact) mass is 424 g/mol. The minimum Gasteiger partial charge on any atom is -0.490 e. The maximum absolute atomic E-state index is 13.2. The van der Waals surface area contributed by atoms with Gasteiger partial charge in [0.1, 0.15) is 12.4 Å². The first-order valence-corrected chi connectivity index (χ1v) is 11.0. The molecular weight excluding hydrogens is 396 g/mol. The van der Waals surface area contributed by atoms with Crippen LogP contribution >= 0.6 is 0 Å². The summed E-state index contributed by atoms with van der Waals surface area (Å²) in [4.78, 5) is 17.5. The van der Waals surface area contributed by atoms with Crippen LogP contribution < -0.4 is 14.2 Å². The number of fused-ring (bicyclic) bond motifs is 1. The highest BCUT2D eigenvalue weighted by atomic mass is 16.7. The molecule has 0 aliphatic carbocycles. The zero-order valence-corrected chi connectivity index (χ0v) is 17.6. The van der Waals surface area contributed by atoms with Crippen molar-refractivity contribution in [1.82, 2.24) is 9.80 Å². The summed E-state index contributed by atoms with van der Waals surface area (Å²) in [5.74, 6) is 2.29. The fourth-order valence-corrected chi connectivity index (χ4v) is 4.30. The lowest BCUT2D eigenvalue weighted by atomic mass is 10.1. The topological polar surface area (TPSA) is 60.5 Å². The lowest BCUT2D eigenvalue weighted by molar-refractivity contribution is 0.0593. The van der Waals surface area contributed by atoms with Crippen LogP contribution in [0.15, 0.2) is 42.5 Å². The minimum atomic E-state index is 0.0330. The van der Waals surface area contributed by atoms with Gasteiger partial charge in [-0.25, -0.2) is 0 Å². The number of amides is 1. The number of carbonyl (C=O) groups excluding carboxylic acids is 1. The highest BCUT2D eigenvalue weighted by Gasteiger charge is 2.25. The molecule has 2 aromatic carbocycles. The Morgan fingerprint density at radius 2 is 1.87 bits per heavy atom. The van der Waals surface area contributed by atoms with Crippen molar-refractivity contribution in [2.24, 2.45) is 0 Å². The average molecular weight is 424 g/mol. The number of ether oxygens (including phenoxy) is 4. The van der Waals surface area contributed by atoms with Crippen LogP contribution in [-0.2, 0) is 11.3 Å². The van der Waals surface area contributed by atoms with Gasteiger partial charge in [0.05, 0.1) is 11.7 Å². The van der Waals surface area contributed by atoms with Crippen LogP contribution in [0.25, 0.3) is 0 Å². The van der Waals surface area contributed by atoms with Gasteiger partial charge in [-0.15, -0.1) is 0 Å². The van der Waals surface area contributed by atoms with E-state index in [1.165, 1.54) is 5.56 Å². The molecule has 3 aliphatic heterocycles. The third-order valence-electron chi connectivity index (χ3n) is 6.07. The van der Waals surface area contributed by atoms with Gasteiger partial charge in [0.15, 0.2) is 11.5 Å². The second-order valence-corrected chi connectivity index (χ2v) is 8.20. The molecule has 0 bridgehead atoms. The molecule has 3 heterocycles. The number of hydrogen-bond donors (Lipinski definition) is 0. The molecular formula is C24H28N2O5. The van der Waals surface area contributed by atoms with Crippen molar-refractivity contribution >= 4 is 5.91 Å². The van der Waals surface area contributed by atoms with Crippen LogP contribution in [0.1, 0.15) is 28.8 Å². The number of rotatable bonds is 6. The summed E-state index contributed by atoms with van der Waals surface area (Å²) in [5.41, 5.74) is 1.82. The van der Waals surface area contributed by atoms with Gasteiger partial charge in [-0.2, -0.15) is 0 Å². The van der Waals surface area contributed by atoms with E-state index in [0.717, 1.165) is 50.6 Å². The minimum absolute atomic E-state index is 0.0330. The molecule has 0 aromatic heterocycles. The summed E-state index contributed by atoms with van der Waals surface area (Å²) in [6.07, 6.45) is 2.22. The van der Waals surface area contributed by atoms with E-state index in [0.29, 0.717) is 37.8 Å². The predicted octanol–water partition coefficient (Wildman–Crippen LogP) is 2.93. The highest BCUT2D eigenvalue weighted by molar-refractivity contribution is 5.97. The normalized spacial score (nSPS) is 20.8. The van der Waals surface area contributed by atoms with Gasteiger partial charge < -0.3 is 23.8 Å². The van der Waals surface area contributed by atoms with E-state index in [1.807, 2.05) is 41.3 Å². The van der Waals surface area contributed by atoms with Gasteiger partial charge in [-0.3, -0.25) is 9.69 Å². The van der Waals surface area contributed by atoms with Crippen LogP contribution in [0.5, 0.6) is 17.2 Å². The summed E-state index contributed by atoms with van der Waals surface area (Å²) < 4.78 is 22.5. The second kappa shape index (κ2) is 9.16. The molecule has 7 heteroatoms. The average Bonchev–Trinajstić information content (AvgIpc) is 3.50. The number of nitrogens with zero attached hydrogens (tertiary/aromatic N) is 2. The lowest BCUT2D eigenvalue weighted by Crippen LogP contribution is -2.48.